The Kier molecular flexibility index (Phi) is 5.24. The Balaban J connectivity index is 1.40. The summed E-state index contributed by atoms with van der Waals surface area (Å²) < 4.78 is 27.0. The van der Waals surface area contributed by atoms with E-state index >= 15 is 0 Å². The number of benzene rings is 1. The van der Waals surface area contributed by atoms with E-state index in [1.807, 2.05) is 6.07 Å². The lowest BCUT2D eigenvalue weighted by Gasteiger charge is -2.33. The minimum Gasteiger partial charge on any atom is -0.344 e. The number of hydrogen-bond donors (Lipinski definition) is 0. The van der Waals surface area contributed by atoms with E-state index in [-0.39, 0.29) is 0 Å². The largest absolute Gasteiger partial charge is 0.344 e. The molecule has 0 N–H and O–H groups in total. The highest BCUT2D eigenvalue weighted by molar-refractivity contribution is 7.89. The van der Waals surface area contributed by atoms with E-state index < -0.39 is 10.0 Å². The van der Waals surface area contributed by atoms with Crippen LogP contribution in [-0.2, 0) is 10.0 Å². The summed E-state index contributed by atoms with van der Waals surface area (Å²) in [5.74, 6) is 0.565. The maximum absolute atomic E-state index is 12.7. The fourth-order valence-electron chi connectivity index (χ4n) is 3.73. The van der Waals surface area contributed by atoms with Crippen LogP contribution in [0.5, 0.6) is 0 Å². The molecule has 2 fully saturated rings. The lowest BCUT2D eigenvalue weighted by molar-refractivity contribution is 0.384. The van der Waals surface area contributed by atoms with Crippen LogP contribution in [0.2, 0.25) is 0 Å². The van der Waals surface area contributed by atoms with Crippen molar-refractivity contribution >= 4 is 26.5 Å². The molecule has 0 radical (unpaired) electrons. The van der Waals surface area contributed by atoms with Gasteiger partial charge in [-0.25, -0.2) is 8.42 Å². The number of nitrogens with zero attached hydrogens (tertiary/aromatic N) is 4. The van der Waals surface area contributed by atoms with E-state index in [2.05, 4.69) is 15.1 Å². The van der Waals surface area contributed by atoms with Crippen LogP contribution < -0.4 is 4.90 Å². The average Bonchev–Trinajstić information content (AvgIpc) is 3.20. The third kappa shape index (κ3) is 3.63. The van der Waals surface area contributed by atoms with E-state index in [1.54, 1.807) is 39.9 Å². The van der Waals surface area contributed by atoms with Gasteiger partial charge >= 0.3 is 0 Å². The maximum atomic E-state index is 12.7. The smallest absolute Gasteiger partial charge is 0.243 e. The monoisotopic (exact) mass is 392 g/mol. The molecule has 0 bridgehead atoms. The molecule has 0 amide bonds. The molecule has 0 atom stereocenters. The first-order valence-electron chi connectivity index (χ1n) is 9.28. The second kappa shape index (κ2) is 7.62. The molecule has 2 aromatic rings. The maximum Gasteiger partial charge on any atom is 0.243 e. The lowest BCUT2D eigenvalue weighted by Crippen LogP contribution is -2.48. The summed E-state index contributed by atoms with van der Waals surface area (Å²) in [6.45, 7) is 2.28. The van der Waals surface area contributed by atoms with Crippen molar-refractivity contribution < 1.29 is 8.42 Å². The Morgan fingerprint density at radius 3 is 2.31 bits per heavy atom. The van der Waals surface area contributed by atoms with Crippen LogP contribution in [0, 0.1) is 0 Å². The van der Waals surface area contributed by atoms with Crippen molar-refractivity contribution in [3.05, 3.63) is 35.3 Å². The first-order valence-corrected chi connectivity index (χ1v) is 11.5. The van der Waals surface area contributed by atoms with E-state index in [0.717, 1.165) is 10.1 Å². The molecule has 0 unspecified atom stereocenters. The van der Waals surface area contributed by atoms with Gasteiger partial charge in [-0.15, -0.1) is 10.2 Å². The normalized spacial score (nSPS) is 20.4. The minimum atomic E-state index is -3.41. The van der Waals surface area contributed by atoms with Crippen LogP contribution in [0.25, 0.3) is 0 Å². The number of anilines is 1. The molecule has 1 aliphatic carbocycles. The van der Waals surface area contributed by atoms with Crippen molar-refractivity contribution in [1.29, 1.82) is 0 Å². The van der Waals surface area contributed by atoms with E-state index in [1.165, 1.54) is 32.1 Å². The highest BCUT2D eigenvalue weighted by atomic mass is 32.2. The summed E-state index contributed by atoms with van der Waals surface area (Å²) in [5.41, 5.74) is 0. The van der Waals surface area contributed by atoms with Gasteiger partial charge in [-0.2, -0.15) is 4.31 Å². The number of hydrogen-bond acceptors (Lipinski definition) is 6. The SMILES string of the molecule is O=S(=O)(c1ccccc1)N1CCN(c2nnc(C3CCCCC3)s2)CC1. The molecule has 1 saturated carbocycles. The van der Waals surface area contributed by atoms with Crippen molar-refractivity contribution in [3.8, 4) is 0 Å². The van der Waals surface area contributed by atoms with Crippen molar-refractivity contribution in [2.24, 2.45) is 0 Å². The molecule has 0 spiro atoms. The van der Waals surface area contributed by atoms with Crippen molar-refractivity contribution in [1.82, 2.24) is 14.5 Å². The molecule has 1 aromatic heterocycles. The molecule has 6 nitrogen and oxygen atoms in total. The first kappa shape index (κ1) is 17.9. The lowest BCUT2D eigenvalue weighted by atomic mass is 9.90. The molecule has 2 aliphatic rings. The Morgan fingerprint density at radius 2 is 1.62 bits per heavy atom. The zero-order chi connectivity index (χ0) is 18.0. The number of aromatic nitrogens is 2. The van der Waals surface area contributed by atoms with Gasteiger partial charge in [0.2, 0.25) is 15.2 Å². The minimum absolute atomic E-state index is 0.365. The highest BCUT2D eigenvalue weighted by Gasteiger charge is 2.30. The molecule has 140 valence electrons. The van der Waals surface area contributed by atoms with Gasteiger partial charge in [-0.1, -0.05) is 48.8 Å². The van der Waals surface area contributed by atoms with Crippen molar-refractivity contribution in [3.63, 3.8) is 0 Å². The van der Waals surface area contributed by atoms with Crippen LogP contribution in [0.15, 0.2) is 35.2 Å². The Morgan fingerprint density at radius 1 is 0.923 bits per heavy atom. The van der Waals surface area contributed by atoms with Gasteiger partial charge in [0.15, 0.2) is 0 Å². The van der Waals surface area contributed by atoms with Crippen LogP contribution in [-0.4, -0.2) is 49.1 Å². The molecular weight excluding hydrogens is 368 g/mol. The number of rotatable bonds is 4. The topological polar surface area (TPSA) is 66.4 Å². The third-order valence-electron chi connectivity index (χ3n) is 5.27. The van der Waals surface area contributed by atoms with Crippen LogP contribution in [0.4, 0.5) is 5.13 Å². The molecule has 1 aromatic carbocycles. The summed E-state index contributed by atoms with van der Waals surface area (Å²) in [6, 6.07) is 8.66. The van der Waals surface area contributed by atoms with E-state index in [0.29, 0.717) is 37.0 Å². The van der Waals surface area contributed by atoms with Crippen molar-refractivity contribution in [2.45, 2.75) is 42.9 Å². The predicted molar refractivity (Wildman–Crippen MR) is 103 cm³/mol. The molecule has 8 heteroatoms. The molecular formula is C18H24N4O2S2. The highest BCUT2D eigenvalue weighted by Crippen LogP contribution is 2.36. The number of sulfonamides is 1. The molecule has 4 rings (SSSR count). The quantitative estimate of drug-likeness (QED) is 0.800. The summed E-state index contributed by atoms with van der Waals surface area (Å²) in [7, 11) is -3.41. The standard InChI is InChI=1S/C18H24N4O2S2/c23-26(24,16-9-5-2-6-10-16)22-13-11-21(12-14-22)18-20-19-17(25-18)15-7-3-1-4-8-15/h2,5-6,9-10,15H,1,3-4,7-8,11-14H2. The number of piperazine rings is 1. The summed E-state index contributed by atoms with van der Waals surface area (Å²) in [4.78, 5) is 2.53. The summed E-state index contributed by atoms with van der Waals surface area (Å²) in [6.07, 6.45) is 6.35. The van der Waals surface area contributed by atoms with Gasteiger partial charge in [0.25, 0.3) is 0 Å². The predicted octanol–water partition coefficient (Wildman–Crippen LogP) is 3.10. The average molecular weight is 393 g/mol. The summed E-state index contributed by atoms with van der Waals surface area (Å²) >= 11 is 1.69. The molecule has 2 heterocycles. The second-order valence-corrected chi connectivity index (χ2v) is 9.89. The van der Waals surface area contributed by atoms with Crippen molar-refractivity contribution in [2.75, 3.05) is 31.1 Å². The first-order chi connectivity index (χ1) is 12.6. The fraction of sp³-hybridized carbons (Fsp3) is 0.556. The van der Waals surface area contributed by atoms with Gasteiger partial charge in [0, 0.05) is 32.1 Å². The molecule has 1 aliphatic heterocycles. The zero-order valence-electron chi connectivity index (χ0n) is 14.7. The van der Waals surface area contributed by atoms with E-state index in [4.69, 9.17) is 0 Å². The van der Waals surface area contributed by atoms with Gasteiger partial charge in [0.05, 0.1) is 4.90 Å². The second-order valence-electron chi connectivity index (χ2n) is 6.96. The third-order valence-corrected chi connectivity index (χ3v) is 8.33. The fourth-order valence-corrected chi connectivity index (χ4v) is 6.24. The van der Waals surface area contributed by atoms with Gasteiger partial charge in [-0.05, 0) is 25.0 Å². The molecule has 1 saturated heterocycles. The Labute approximate surface area is 158 Å². The zero-order valence-corrected chi connectivity index (χ0v) is 16.4. The molecule has 26 heavy (non-hydrogen) atoms. The van der Waals surface area contributed by atoms with Gasteiger partial charge < -0.3 is 4.90 Å². The van der Waals surface area contributed by atoms with Crippen LogP contribution in [0.3, 0.4) is 0 Å². The Hall–Kier alpha value is -1.51. The summed E-state index contributed by atoms with van der Waals surface area (Å²) in [5, 5.41) is 10.9. The Bertz CT molecular complexity index is 824. The van der Waals surface area contributed by atoms with Gasteiger partial charge in [0.1, 0.15) is 5.01 Å². The van der Waals surface area contributed by atoms with Gasteiger partial charge in [-0.3, -0.25) is 0 Å². The van der Waals surface area contributed by atoms with E-state index in [9.17, 15) is 8.42 Å². The van der Waals surface area contributed by atoms with Crippen LogP contribution in [0.1, 0.15) is 43.0 Å². The van der Waals surface area contributed by atoms with Crippen LogP contribution >= 0.6 is 11.3 Å².